The Morgan fingerprint density at radius 3 is 2.56 bits per heavy atom. The van der Waals surface area contributed by atoms with E-state index in [0.717, 1.165) is 19.3 Å². The number of benzene rings is 1. The molecule has 9 nitrogen and oxygen atoms in total. The molecule has 0 bridgehead atoms. The van der Waals surface area contributed by atoms with Crippen molar-refractivity contribution in [2.45, 2.75) is 59.0 Å². The third kappa shape index (κ3) is 4.14. The van der Waals surface area contributed by atoms with Gasteiger partial charge in [-0.05, 0) is 51.0 Å². The summed E-state index contributed by atoms with van der Waals surface area (Å²) in [5, 5.41) is 0.115. The number of halogens is 1. The number of nitrogen functional groups attached to an aromatic ring is 1. The Hall–Kier alpha value is -3.04. The maximum absolute atomic E-state index is 15.4. The maximum Gasteiger partial charge on any atom is 0.409 e. The molecule has 34 heavy (non-hydrogen) atoms. The van der Waals surface area contributed by atoms with E-state index in [9.17, 15) is 14.4 Å². The lowest BCUT2D eigenvalue weighted by Gasteiger charge is -2.30. The molecule has 186 valence electrons. The molecule has 1 aromatic heterocycles. The third-order valence-electron chi connectivity index (χ3n) is 7.14. The Labute approximate surface area is 197 Å². The molecule has 2 N–H and O–H groups in total. The molecule has 10 heteroatoms. The first-order chi connectivity index (χ1) is 16.0. The highest BCUT2D eigenvalue weighted by Gasteiger charge is 2.35. The van der Waals surface area contributed by atoms with Crippen LogP contribution in [0.2, 0.25) is 0 Å². The fourth-order valence-electron chi connectivity index (χ4n) is 4.92. The van der Waals surface area contributed by atoms with Gasteiger partial charge in [-0.1, -0.05) is 13.8 Å². The zero-order chi connectivity index (χ0) is 24.9. The second-order valence-corrected chi connectivity index (χ2v) is 10.1. The summed E-state index contributed by atoms with van der Waals surface area (Å²) in [6.45, 7) is 9.22. The van der Waals surface area contributed by atoms with Crippen molar-refractivity contribution >= 4 is 22.7 Å². The van der Waals surface area contributed by atoms with Crippen molar-refractivity contribution in [3.05, 3.63) is 38.3 Å². The number of carbonyl (C=O) groups is 1. The molecule has 1 saturated heterocycles. The van der Waals surface area contributed by atoms with Crippen LogP contribution in [0.1, 0.15) is 51.6 Å². The lowest BCUT2D eigenvalue weighted by molar-refractivity contribution is 0.0811. The summed E-state index contributed by atoms with van der Waals surface area (Å²) in [6.07, 6.45) is 2.06. The fourth-order valence-corrected chi connectivity index (χ4v) is 4.92. The van der Waals surface area contributed by atoms with Crippen LogP contribution in [0.3, 0.4) is 0 Å². The number of hydrogen-bond donors (Lipinski definition) is 1. The first-order valence-corrected chi connectivity index (χ1v) is 11.9. The van der Waals surface area contributed by atoms with Gasteiger partial charge in [0, 0.05) is 37.8 Å². The highest BCUT2D eigenvalue weighted by molar-refractivity contribution is 5.87. The van der Waals surface area contributed by atoms with E-state index in [1.54, 1.807) is 23.4 Å². The SMILES string of the molecule is Cc1c(N2CC[C@@H]([C@H](C)N(C)C(=O)OCC(C)C)C2)c(F)cc2c(=O)n(N)c(=O)n(C3CC3)c12. The topological polar surface area (TPSA) is 103 Å². The lowest BCUT2D eigenvalue weighted by Crippen LogP contribution is -2.45. The Morgan fingerprint density at radius 1 is 1.26 bits per heavy atom. The van der Waals surface area contributed by atoms with Crippen molar-refractivity contribution in [2.24, 2.45) is 11.8 Å². The average Bonchev–Trinajstić information content (AvgIpc) is 3.52. The van der Waals surface area contributed by atoms with Gasteiger partial charge < -0.3 is 20.4 Å². The molecule has 0 radical (unpaired) electrons. The monoisotopic (exact) mass is 475 g/mol. The van der Waals surface area contributed by atoms with E-state index in [2.05, 4.69) is 0 Å². The van der Waals surface area contributed by atoms with Crippen LogP contribution in [0.5, 0.6) is 0 Å². The molecule has 2 fully saturated rings. The smallest absolute Gasteiger partial charge is 0.409 e. The summed E-state index contributed by atoms with van der Waals surface area (Å²) in [5.41, 5.74) is 0.154. The summed E-state index contributed by atoms with van der Waals surface area (Å²) in [7, 11) is 1.73. The number of nitrogens with zero attached hydrogens (tertiary/aromatic N) is 4. The molecular formula is C24H34FN5O4. The number of aromatic nitrogens is 2. The zero-order valence-electron chi connectivity index (χ0n) is 20.5. The molecule has 1 amide bonds. The van der Waals surface area contributed by atoms with Crippen molar-refractivity contribution in [2.75, 3.05) is 37.5 Å². The van der Waals surface area contributed by atoms with E-state index in [-0.39, 0.29) is 35.4 Å². The van der Waals surface area contributed by atoms with Crippen LogP contribution in [0.15, 0.2) is 15.7 Å². The van der Waals surface area contributed by atoms with E-state index in [1.807, 2.05) is 25.7 Å². The quantitative estimate of drug-likeness (QED) is 0.645. The van der Waals surface area contributed by atoms with Crippen molar-refractivity contribution in [1.29, 1.82) is 0 Å². The summed E-state index contributed by atoms with van der Waals surface area (Å²) in [5.74, 6) is 5.57. The maximum atomic E-state index is 15.4. The van der Waals surface area contributed by atoms with Crippen molar-refractivity contribution in [1.82, 2.24) is 14.1 Å². The predicted molar refractivity (Wildman–Crippen MR) is 129 cm³/mol. The minimum atomic E-state index is -0.695. The van der Waals surface area contributed by atoms with Crippen LogP contribution in [0.25, 0.3) is 10.9 Å². The number of ether oxygens (including phenoxy) is 1. The van der Waals surface area contributed by atoms with Crippen LogP contribution in [-0.2, 0) is 4.74 Å². The van der Waals surface area contributed by atoms with Gasteiger partial charge in [-0.15, -0.1) is 0 Å². The number of nitrogens with two attached hydrogens (primary N) is 1. The lowest BCUT2D eigenvalue weighted by atomic mass is 9.99. The van der Waals surface area contributed by atoms with E-state index >= 15 is 4.39 Å². The second-order valence-electron chi connectivity index (χ2n) is 10.1. The van der Waals surface area contributed by atoms with Crippen LogP contribution < -0.4 is 22.0 Å². The zero-order valence-corrected chi connectivity index (χ0v) is 20.5. The normalized spacial score (nSPS) is 19.1. The first kappa shape index (κ1) is 24.1. The van der Waals surface area contributed by atoms with Gasteiger partial charge in [-0.2, -0.15) is 4.68 Å². The molecule has 0 spiro atoms. The first-order valence-electron chi connectivity index (χ1n) is 11.9. The number of hydrogen-bond acceptors (Lipinski definition) is 6. The highest BCUT2D eigenvalue weighted by Crippen LogP contribution is 2.39. The van der Waals surface area contributed by atoms with Crippen molar-refractivity contribution < 1.29 is 13.9 Å². The third-order valence-corrected chi connectivity index (χ3v) is 7.14. The number of anilines is 1. The average molecular weight is 476 g/mol. The molecule has 1 aromatic carbocycles. The van der Waals surface area contributed by atoms with Gasteiger partial charge in [0.05, 0.1) is 23.2 Å². The summed E-state index contributed by atoms with van der Waals surface area (Å²) in [6, 6.07) is 1.08. The van der Waals surface area contributed by atoms with Gasteiger partial charge in [-0.25, -0.2) is 14.0 Å². The molecule has 1 aliphatic carbocycles. The molecule has 2 aliphatic rings. The van der Waals surface area contributed by atoms with Crippen LogP contribution in [0, 0.1) is 24.6 Å². The molecule has 2 atom stereocenters. The summed E-state index contributed by atoms with van der Waals surface area (Å²) in [4.78, 5) is 41.4. The number of amides is 1. The Kier molecular flexibility index (Phi) is 6.35. The Balaban J connectivity index is 1.64. The minimum Gasteiger partial charge on any atom is -0.449 e. The van der Waals surface area contributed by atoms with Gasteiger partial charge in [0.25, 0.3) is 5.56 Å². The molecular weight excluding hydrogens is 441 g/mol. The van der Waals surface area contributed by atoms with Gasteiger partial charge in [0.15, 0.2) is 0 Å². The largest absolute Gasteiger partial charge is 0.449 e. The summed E-state index contributed by atoms with van der Waals surface area (Å²) >= 11 is 0. The summed E-state index contributed by atoms with van der Waals surface area (Å²) < 4.78 is 22.9. The number of fused-ring (bicyclic) bond motifs is 1. The molecule has 1 aliphatic heterocycles. The highest BCUT2D eigenvalue weighted by atomic mass is 19.1. The number of rotatable bonds is 6. The molecule has 2 heterocycles. The van der Waals surface area contributed by atoms with E-state index < -0.39 is 17.1 Å². The van der Waals surface area contributed by atoms with Crippen LogP contribution in [-0.4, -0.2) is 53.0 Å². The van der Waals surface area contributed by atoms with Gasteiger partial charge >= 0.3 is 11.8 Å². The molecule has 1 saturated carbocycles. The standard InChI is InChI=1S/C24H34FN5O4/c1-13(2)12-34-24(33)27(5)15(4)16-8-9-28(11-16)21-14(3)20-18(10-19(21)25)22(31)30(26)23(32)29(20)17-6-7-17/h10,13,15-17H,6-9,11-12,26H2,1-5H3/t15-,16+/m0/s1. The van der Waals surface area contributed by atoms with Crippen molar-refractivity contribution in [3.8, 4) is 0 Å². The van der Waals surface area contributed by atoms with Crippen LogP contribution in [0.4, 0.5) is 14.9 Å². The Bertz CT molecular complexity index is 1230. The number of carbonyl (C=O) groups excluding carboxylic acids is 1. The van der Waals surface area contributed by atoms with Gasteiger partial charge in [0.2, 0.25) is 0 Å². The fraction of sp³-hybridized carbons (Fsp3) is 0.625. The van der Waals surface area contributed by atoms with E-state index in [4.69, 9.17) is 10.6 Å². The predicted octanol–water partition coefficient (Wildman–Crippen LogP) is 2.60. The molecule has 2 aromatic rings. The minimum absolute atomic E-state index is 0.0285. The molecule has 0 unspecified atom stereocenters. The van der Waals surface area contributed by atoms with E-state index in [1.165, 1.54) is 6.07 Å². The second kappa shape index (κ2) is 8.96. The molecule has 4 rings (SSSR count). The van der Waals surface area contributed by atoms with Crippen molar-refractivity contribution in [3.63, 3.8) is 0 Å². The van der Waals surface area contributed by atoms with Gasteiger partial charge in [0.1, 0.15) is 5.82 Å². The Morgan fingerprint density at radius 2 is 1.94 bits per heavy atom. The number of aryl methyl sites for hydroxylation is 1. The van der Waals surface area contributed by atoms with Gasteiger partial charge in [-0.3, -0.25) is 9.36 Å². The van der Waals surface area contributed by atoms with Crippen LogP contribution >= 0.6 is 0 Å². The van der Waals surface area contributed by atoms with E-state index in [0.29, 0.717) is 41.1 Å².